The topological polar surface area (TPSA) is 84.8 Å². The molecule has 0 saturated carbocycles. The number of fused-ring (bicyclic) bond motifs is 4. The van der Waals surface area contributed by atoms with Crippen LogP contribution in [0.1, 0.15) is 5.56 Å². The molecule has 0 unspecified atom stereocenters. The Bertz CT molecular complexity index is 984. The van der Waals surface area contributed by atoms with Crippen LogP contribution in [-0.2, 0) is 13.0 Å². The summed E-state index contributed by atoms with van der Waals surface area (Å²) in [6.45, 7) is 0.671. The van der Waals surface area contributed by atoms with Crippen LogP contribution in [-0.4, -0.2) is 20.4 Å². The van der Waals surface area contributed by atoms with Crippen LogP contribution in [0.15, 0.2) is 34.9 Å². The van der Waals surface area contributed by atoms with Crippen LogP contribution in [0.3, 0.4) is 0 Å². The average Bonchev–Trinajstić information content (AvgIpc) is 2.54. The van der Waals surface area contributed by atoms with E-state index in [0.29, 0.717) is 22.8 Å². The molecule has 0 saturated heterocycles. The van der Waals surface area contributed by atoms with Crippen molar-refractivity contribution in [2.75, 3.05) is 0 Å². The van der Waals surface area contributed by atoms with Crippen LogP contribution in [0.4, 0.5) is 0 Å². The first-order valence-electron chi connectivity index (χ1n) is 7.09. The molecule has 0 atom stereocenters. The Labute approximate surface area is 139 Å². The lowest BCUT2D eigenvalue weighted by atomic mass is 9.95. The fourth-order valence-electron chi connectivity index (χ4n) is 3.12. The molecule has 0 fully saturated rings. The molecule has 3 aromatic rings. The maximum atomic E-state index is 10.0. The van der Waals surface area contributed by atoms with Crippen molar-refractivity contribution < 1.29 is 25.0 Å². The van der Waals surface area contributed by atoms with Crippen molar-refractivity contribution in [2.45, 2.75) is 13.0 Å². The number of aromatic nitrogens is 1. The van der Waals surface area contributed by atoms with E-state index >= 15 is 0 Å². The minimum Gasteiger partial charge on any atom is -0.504 e. The minimum atomic E-state index is -0.189. The first-order chi connectivity index (χ1) is 11.0. The number of phenolic OH excluding ortho intramolecular Hbond substituents is 4. The van der Waals surface area contributed by atoms with Gasteiger partial charge in [-0.05, 0) is 45.1 Å². The first kappa shape index (κ1) is 14.1. The molecule has 0 radical (unpaired) electrons. The van der Waals surface area contributed by atoms with Crippen LogP contribution in [0.5, 0.6) is 23.0 Å². The minimum absolute atomic E-state index is 0.142. The summed E-state index contributed by atoms with van der Waals surface area (Å²) >= 11 is 3.36. The largest absolute Gasteiger partial charge is 0.504 e. The maximum absolute atomic E-state index is 10.0. The van der Waals surface area contributed by atoms with Gasteiger partial charge in [-0.2, -0.15) is 4.57 Å². The van der Waals surface area contributed by atoms with Gasteiger partial charge >= 0.3 is 0 Å². The highest BCUT2D eigenvalue weighted by Crippen LogP contribution is 2.44. The van der Waals surface area contributed by atoms with E-state index in [1.807, 2.05) is 10.6 Å². The number of aromatic hydroxyl groups is 4. The number of hydrogen-bond acceptors (Lipinski definition) is 4. The molecule has 0 bridgehead atoms. The van der Waals surface area contributed by atoms with Gasteiger partial charge < -0.3 is 20.4 Å². The molecule has 6 heteroatoms. The first-order valence-corrected chi connectivity index (χ1v) is 7.88. The van der Waals surface area contributed by atoms with Crippen LogP contribution in [0, 0.1) is 0 Å². The molecule has 0 aliphatic carbocycles. The highest BCUT2D eigenvalue weighted by Gasteiger charge is 2.29. The van der Waals surface area contributed by atoms with Gasteiger partial charge in [0, 0.05) is 12.5 Å². The van der Waals surface area contributed by atoms with Crippen LogP contribution >= 0.6 is 15.9 Å². The summed E-state index contributed by atoms with van der Waals surface area (Å²) in [5, 5.41) is 40.8. The van der Waals surface area contributed by atoms with Gasteiger partial charge in [-0.15, -0.1) is 0 Å². The zero-order chi connectivity index (χ0) is 16.3. The smallest absolute Gasteiger partial charge is 0.214 e. The van der Waals surface area contributed by atoms with Crippen molar-refractivity contribution in [2.24, 2.45) is 0 Å². The highest BCUT2D eigenvalue weighted by molar-refractivity contribution is 9.10. The summed E-state index contributed by atoms with van der Waals surface area (Å²) in [5.74, 6) is -0.632. The predicted octanol–water partition coefficient (Wildman–Crippen LogP) is 2.94. The molecule has 4 N–H and O–H groups in total. The van der Waals surface area contributed by atoms with Crippen molar-refractivity contribution in [3.63, 3.8) is 0 Å². The van der Waals surface area contributed by atoms with Crippen molar-refractivity contribution in [1.29, 1.82) is 0 Å². The SMILES string of the molecule is Oc1cc2c(c(Br)c1O)-c1cc3ccc(O)c(O)c3c[n+]1CC2. The van der Waals surface area contributed by atoms with Crippen LogP contribution < -0.4 is 4.57 Å². The number of pyridine rings is 1. The van der Waals surface area contributed by atoms with Gasteiger partial charge in [0.25, 0.3) is 0 Å². The Hall–Kier alpha value is -2.47. The summed E-state index contributed by atoms with van der Waals surface area (Å²) in [7, 11) is 0. The van der Waals surface area contributed by atoms with E-state index in [1.54, 1.807) is 18.3 Å². The van der Waals surface area contributed by atoms with E-state index in [1.165, 1.54) is 6.07 Å². The zero-order valence-electron chi connectivity index (χ0n) is 11.9. The molecule has 23 heavy (non-hydrogen) atoms. The molecule has 0 amide bonds. The Kier molecular flexibility index (Phi) is 2.93. The van der Waals surface area contributed by atoms with Gasteiger partial charge in [0.15, 0.2) is 35.7 Å². The Morgan fingerprint density at radius 1 is 0.957 bits per heavy atom. The van der Waals surface area contributed by atoms with Crippen molar-refractivity contribution in [3.05, 3.63) is 40.5 Å². The maximum Gasteiger partial charge on any atom is 0.214 e. The number of aryl methyl sites for hydroxylation is 2. The van der Waals surface area contributed by atoms with Gasteiger partial charge in [-0.1, -0.05) is 0 Å². The Morgan fingerprint density at radius 3 is 2.52 bits per heavy atom. The van der Waals surface area contributed by atoms with Crippen molar-refractivity contribution in [1.82, 2.24) is 0 Å². The third kappa shape index (κ3) is 1.95. The molecular weight excluding hydrogens is 362 g/mol. The van der Waals surface area contributed by atoms with E-state index < -0.39 is 0 Å². The Morgan fingerprint density at radius 2 is 1.74 bits per heavy atom. The molecule has 116 valence electrons. The molecular formula is C17H13BrNO4+. The molecule has 5 nitrogen and oxygen atoms in total. The van der Waals surface area contributed by atoms with E-state index in [0.717, 1.165) is 22.2 Å². The molecule has 1 aliphatic rings. The molecule has 0 spiro atoms. The van der Waals surface area contributed by atoms with Gasteiger partial charge in [-0.3, -0.25) is 0 Å². The normalized spacial score (nSPS) is 12.9. The summed E-state index contributed by atoms with van der Waals surface area (Å²) in [5.41, 5.74) is 2.63. The lowest BCUT2D eigenvalue weighted by Crippen LogP contribution is -2.40. The number of halogens is 1. The highest BCUT2D eigenvalue weighted by atomic mass is 79.9. The third-order valence-electron chi connectivity index (χ3n) is 4.30. The fourth-order valence-corrected chi connectivity index (χ4v) is 3.78. The number of benzene rings is 2. The van der Waals surface area contributed by atoms with Gasteiger partial charge in [0.05, 0.1) is 15.4 Å². The molecule has 2 aromatic carbocycles. The van der Waals surface area contributed by atoms with Crippen molar-refractivity contribution in [3.8, 4) is 34.3 Å². The second-order valence-corrected chi connectivity index (χ2v) is 6.42. The summed E-state index contributed by atoms with van der Waals surface area (Å²) in [6, 6.07) is 6.65. The summed E-state index contributed by atoms with van der Waals surface area (Å²) in [4.78, 5) is 0. The fraction of sp³-hybridized carbons (Fsp3) is 0.118. The second kappa shape index (κ2) is 4.76. The lowest BCUT2D eigenvalue weighted by Gasteiger charge is -2.18. The van der Waals surface area contributed by atoms with Gasteiger partial charge in [0.2, 0.25) is 5.69 Å². The van der Waals surface area contributed by atoms with E-state index in [9.17, 15) is 20.4 Å². The quantitative estimate of drug-likeness (QED) is 0.360. The van der Waals surface area contributed by atoms with Gasteiger partial charge in [0.1, 0.15) is 0 Å². The number of phenols is 4. The summed E-state index contributed by atoms with van der Waals surface area (Å²) in [6.07, 6.45) is 2.48. The molecule has 1 aliphatic heterocycles. The van der Waals surface area contributed by atoms with Gasteiger partial charge in [-0.25, -0.2) is 0 Å². The second-order valence-electron chi connectivity index (χ2n) is 5.63. The lowest BCUT2D eigenvalue weighted by molar-refractivity contribution is -0.686. The number of nitrogens with zero attached hydrogens (tertiary/aromatic N) is 1. The molecule has 2 heterocycles. The molecule has 4 rings (SSSR count). The number of rotatable bonds is 0. The van der Waals surface area contributed by atoms with Crippen LogP contribution in [0.25, 0.3) is 22.0 Å². The Balaban J connectivity index is 2.07. The summed E-state index contributed by atoms with van der Waals surface area (Å²) < 4.78 is 2.41. The number of hydrogen-bond donors (Lipinski definition) is 4. The van der Waals surface area contributed by atoms with Crippen molar-refractivity contribution >= 4 is 26.7 Å². The average molecular weight is 375 g/mol. The standard InChI is InChI=1S/C17H12BrNO4/c18-15-14-9(6-13(21)17(15)23)3-4-19-7-10-8(5-11(14)19)1-2-12(20)16(10)22/h1-2,5-7H,3-4H2,(H3,20,21,22,23)/p+1. The monoisotopic (exact) mass is 374 g/mol. The van der Waals surface area contributed by atoms with E-state index in [4.69, 9.17) is 0 Å². The van der Waals surface area contributed by atoms with E-state index in [-0.39, 0.29) is 23.0 Å². The predicted molar refractivity (Wildman–Crippen MR) is 87.6 cm³/mol. The third-order valence-corrected chi connectivity index (χ3v) is 5.07. The van der Waals surface area contributed by atoms with Crippen LogP contribution in [0.2, 0.25) is 0 Å². The van der Waals surface area contributed by atoms with E-state index in [2.05, 4.69) is 15.9 Å². The zero-order valence-corrected chi connectivity index (χ0v) is 13.5. The molecule has 1 aromatic heterocycles.